The number of amides is 5. The van der Waals surface area contributed by atoms with Crippen molar-refractivity contribution < 1.29 is 43.8 Å². The van der Waals surface area contributed by atoms with Crippen LogP contribution in [0.2, 0.25) is 0 Å². The fourth-order valence-corrected chi connectivity index (χ4v) is 2.81. The lowest BCUT2D eigenvalue weighted by Crippen LogP contribution is -2.58. The van der Waals surface area contributed by atoms with E-state index in [1.807, 2.05) is 5.32 Å². The highest BCUT2D eigenvalue weighted by Gasteiger charge is 2.31. The third kappa shape index (κ3) is 14.5. The van der Waals surface area contributed by atoms with Gasteiger partial charge in [-0.05, 0) is 19.3 Å². The normalized spacial score (nSPS) is 13.6. The number of rotatable bonds is 18. The van der Waals surface area contributed by atoms with Gasteiger partial charge in [-0.1, -0.05) is 0 Å². The number of guanidine groups is 1. The molecule has 0 saturated carbocycles. The molecule has 4 unspecified atom stereocenters. The van der Waals surface area contributed by atoms with Crippen LogP contribution >= 0.6 is 0 Å². The molecule has 0 bridgehead atoms. The number of nitrogens with one attached hydrogen (secondary N) is 3. The number of hydrogen-bond acceptors (Lipinski definition) is 9. The van der Waals surface area contributed by atoms with Crippen molar-refractivity contribution in [1.82, 2.24) is 16.0 Å². The number of nitrogens with zero attached hydrogens (tertiary/aromatic N) is 1. The van der Waals surface area contributed by atoms with Crippen molar-refractivity contribution in [2.24, 2.45) is 33.7 Å². The third-order valence-electron chi connectivity index (χ3n) is 4.65. The first kappa shape index (κ1) is 32.5. The summed E-state index contributed by atoms with van der Waals surface area (Å²) in [7, 11) is 0. The summed E-state index contributed by atoms with van der Waals surface area (Å²) in [6.45, 7) is 0.185. The fourth-order valence-electron chi connectivity index (χ4n) is 2.81. The van der Waals surface area contributed by atoms with E-state index >= 15 is 0 Å². The van der Waals surface area contributed by atoms with Gasteiger partial charge in [0.25, 0.3) is 0 Å². The summed E-state index contributed by atoms with van der Waals surface area (Å²) in [6.07, 6.45) is -2.08. The molecule has 18 nitrogen and oxygen atoms in total. The molecule has 0 heterocycles. The molecule has 37 heavy (non-hydrogen) atoms. The Bertz CT molecular complexity index is 905. The van der Waals surface area contributed by atoms with Gasteiger partial charge < -0.3 is 54.8 Å². The second-order valence-corrected chi connectivity index (χ2v) is 7.85. The molecule has 0 aliphatic heterocycles. The second-order valence-electron chi connectivity index (χ2n) is 7.85. The summed E-state index contributed by atoms with van der Waals surface area (Å²) in [5.41, 5.74) is 26.4. The molecule has 0 aliphatic carbocycles. The lowest BCUT2D eigenvalue weighted by Gasteiger charge is -2.24. The SMILES string of the molecule is NC(=O)CCC(NC(=O)C(CC(N)=O)NC(=O)C(N)CCCN=C(N)N)C(=O)NC(CC(=O)O)C(=O)O. The van der Waals surface area contributed by atoms with Crippen LogP contribution in [0.1, 0.15) is 38.5 Å². The Kier molecular flexibility index (Phi) is 14.3. The molecule has 18 heteroatoms. The summed E-state index contributed by atoms with van der Waals surface area (Å²) in [5, 5.41) is 24.3. The smallest absolute Gasteiger partial charge is 0.326 e. The number of aliphatic carboxylic acids is 2. The number of carboxylic acid groups (broad SMARTS) is 2. The van der Waals surface area contributed by atoms with Crippen molar-refractivity contribution in [3.8, 4) is 0 Å². The Morgan fingerprint density at radius 1 is 0.703 bits per heavy atom. The Labute approximate surface area is 210 Å². The zero-order valence-electron chi connectivity index (χ0n) is 19.8. The minimum Gasteiger partial charge on any atom is -0.481 e. The van der Waals surface area contributed by atoms with Crippen LogP contribution in [0.25, 0.3) is 0 Å². The van der Waals surface area contributed by atoms with Crippen LogP contribution < -0.4 is 44.6 Å². The van der Waals surface area contributed by atoms with Crippen LogP contribution in [-0.4, -0.2) is 88.4 Å². The van der Waals surface area contributed by atoms with E-state index < -0.39 is 91.3 Å². The lowest BCUT2D eigenvalue weighted by atomic mass is 10.1. The standard InChI is InChI=1S/C19H33N9O9/c20-8(2-1-5-25-19(23)24)15(33)27-10(6-13(22)30)17(35)26-9(3-4-12(21)29)16(34)28-11(18(36)37)7-14(31)32/h8-11H,1-7,20H2,(H2,21,29)(H2,22,30)(H,26,35)(H,27,33)(H,28,34)(H,31,32)(H,36,37)(H4,23,24,25). The van der Waals surface area contributed by atoms with Gasteiger partial charge in [-0.2, -0.15) is 0 Å². The molecule has 0 aromatic heterocycles. The minimum atomic E-state index is -1.85. The molecule has 5 amide bonds. The summed E-state index contributed by atoms with van der Waals surface area (Å²) in [5.74, 6) is -8.26. The topological polar surface area (TPSA) is 338 Å². The zero-order valence-corrected chi connectivity index (χ0v) is 19.8. The average Bonchev–Trinajstić information content (AvgIpc) is 2.76. The molecule has 0 saturated heterocycles. The Morgan fingerprint density at radius 3 is 1.73 bits per heavy atom. The van der Waals surface area contributed by atoms with Gasteiger partial charge >= 0.3 is 11.9 Å². The maximum Gasteiger partial charge on any atom is 0.326 e. The van der Waals surface area contributed by atoms with Crippen LogP contribution in [0, 0.1) is 0 Å². The van der Waals surface area contributed by atoms with E-state index in [2.05, 4.69) is 15.6 Å². The predicted molar refractivity (Wildman–Crippen MR) is 126 cm³/mol. The van der Waals surface area contributed by atoms with Gasteiger partial charge in [0.15, 0.2) is 5.96 Å². The average molecular weight is 532 g/mol. The highest BCUT2D eigenvalue weighted by atomic mass is 16.4. The van der Waals surface area contributed by atoms with Gasteiger partial charge in [0.05, 0.1) is 18.9 Å². The number of aliphatic imine (C=N–C) groups is 1. The van der Waals surface area contributed by atoms with Crippen LogP contribution in [0.15, 0.2) is 4.99 Å². The molecule has 0 spiro atoms. The number of nitrogens with two attached hydrogens (primary N) is 5. The van der Waals surface area contributed by atoms with Crippen molar-refractivity contribution in [2.45, 2.75) is 62.7 Å². The zero-order chi connectivity index (χ0) is 28.7. The van der Waals surface area contributed by atoms with Crippen LogP contribution in [0.5, 0.6) is 0 Å². The van der Waals surface area contributed by atoms with Gasteiger partial charge in [0, 0.05) is 13.0 Å². The number of carboxylic acids is 2. The first-order valence-electron chi connectivity index (χ1n) is 10.9. The van der Waals surface area contributed by atoms with E-state index in [4.69, 9.17) is 38.9 Å². The quantitative estimate of drug-likeness (QED) is 0.0449. The van der Waals surface area contributed by atoms with Crippen molar-refractivity contribution in [3.05, 3.63) is 0 Å². The van der Waals surface area contributed by atoms with E-state index in [1.165, 1.54) is 0 Å². The number of carbonyl (C=O) groups is 7. The first-order chi connectivity index (χ1) is 17.1. The van der Waals surface area contributed by atoms with E-state index in [1.54, 1.807) is 0 Å². The molecule has 4 atom stereocenters. The number of hydrogen-bond donors (Lipinski definition) is 10. The molecule has 0 rings (SSSR count). The van der Waals surface area contributed by atoms with Crippen molar-refractivity contribution in [1.29, 1.82) is 0 Å². The van der Waals surface area contributed by atoms with Gasteiger partial charge in [-0.15, -0.1) is 0 Å². The van der Waals surface area contributed by atoms with E-state index in [9.17, 15) is 33.6 Å². The molecular formula is C19H33N9O9. The maximum absolute atomic E-state index is 12.8. The molecule has 15 N–H and O–H groups in total. The molecule has 0 fully saturated rings. The number of primary amides is 2. The summed E-state index contributed by atoms with van der Waals surface area (Å²) in [4.78, 5) is 86.3. The van der Waals surface area contributed by atoms with E-state index in [0.717, 1.165) is 0 Å². The van der Waals surface area contributed by atoms with E-state index in [0.29, 0.717) is 6.42 Å². The summed E-state index contributed by atoms with van der Waals surface area (Å²) >= 11 is 0. The first-order valence-corrected chi connectivity index (χ1v) is 10.9. The summed E-state index contributed by atoms with van der Waals surface area (Å²) in [6, 6.07) is -6.15. The van der Waals surface area contributed by atoms with Crippen molar-refractivity contribution in [2.75, 3.05) is 6.54 Å². The second kappa shape index (κ2) is 16.2. The van der Waals surface area contributed by atoms with Crippen LogP contribution in [-0.2, 0) is 33.6 Å². The Balaban J connectivity index is 5.52. The third-order valence-corrected chi connectivity index (χ3v) is 4.65. The minimum absolute atomic E-state index is 0.108. The van der Waals surface area contributed by atoms with E-state index in [-0.39, 0.29) is 18.9 Å². The Morgan fingerprint density at radius 2 is 1.24 bits per heavy atom. The highest BCUT2D eigenvalue weighted by Crippen LogP contribution is 2.04. The largest absolute Gasteiger partial charge is 0.481 e. The van der Waals surface area contributed by atoms with Gasteiger partial charge in [0.2, 0.25) is 29.5 Å². The maximum atomic E-state index is 12.8. The fraction of sp³-hybridized carbons (Fsp3) is 0.579. The highest BCUT2D eigenvalue weighted by molar-refractivity contribution is 5.96. The van der Waals surface area contributed by atoms with Crippen LogP contribution in [0.4, 0.5) is 0 Å². The lowest BCUT2D eigenvalue weighted by molar-refractivity contribution is -0.147. The number of carbonyl (C=O) groups excluding carboxylic acids is 5. The van der Waals surface area contributed by atoms with Crippen LogP contribution in [0.3, 0.4) is 0 Å². The monoisotopic (exact) mass is 531 g/mol. The molecule has 0 aromatic rings. The van der Waals surface area contributed by atoms with Crippen molar-refractivity contribution in [3.63, 3.8) is 0 Å². The summed E-state index contributed by atoms with van der Waals surface area (Å²) < 4.78 is 0. The Hall–Kier alpha value is -4.48. The van der Waals surface area contributed by atoms with Crippen molar-refractivity contribution >= 4 is 47.4 Å². The van der Waals surface area contributed by atoms with Gasteiger partial charge in [-0.3, -0.25) is 33.8 Å². The molecule has 208 valence electrons. The molecular weight excluding hydrogens is 498 g/mol. The molecule has 0 radical (unpaired) electrons. The van der Waals surface area contributed by atoms with Gasteiger partial charge in [0.1, 0.15) is 18.1 Å². The van der Waals surface area contributed by atoms with Gasteiger partial charge in [-0.25, -0.2) is 4.79 Å². The molecule has 0 aliphatic rings. The predicted octanol–water partition coefficient (Wildman–Crippen LogP) is -5.48. The molecule has 0 aromatic carbocycles.